The molecule has 1 saturated carbocycles. The molecule has 2 fully saturated rings. The lowest BCUT2D eigenvalue weighted by atomic mass is 10.3. The lowest BCUT2D eigenvalue weighted by molar-refractivity contribution is -0.111. The number of amides is 1. The van der Waals surface area contributed by atoms with E-state index >= 15 is 0 Å². The highest BCUT2D eigenvalue weighted by Crippen LogP contribution is 2.47. The smallest absolute Gasteiger partial charge is 0.248 e. The Hall–Kier alpha value is -2.21. The summed E-state index contributed by atoms with van der Waals surface area (Å²) in [6.45, 7) is 4.13. The third-order valence-corrected chi connectivity index (χ3v) is 5.82. The van der Waals surface area contributed by atoms with Crippen LogP contribution in [0.15, 0.2) is 41.0 Å². The van der Waals surface area contributed by atoms with Crippen molar-refractivity contribution >= 4 is 35.3 Å². The molecular formula is C20H23N3O2S. The van der Waals surface area contributed by atoms with Crippen molar-refractivity contribution in [1.82, 2.24) is 4.98 Å². The number of nitrogens with one attached hydrogen (secondary N) is 1. The summed E-state index contributed by atoms with van der Waals surface area (Å²) in [4.78, 5) is 19.0. The monoisotopic (exact) mass is 369 g/mol. The van der Waals surface area contributed by atoms with E-state index in [2.05, 4.69) is 22.1 Å². The predicted octanol–water partition coefficient (Wildman–Crippen LogP) is 4.00. The maximum Gasteiger partial charge on any atom is 0.248 e. The molecule has 0 radical (unpaired) electrons. The SMILES string of the molecule is CC1CC1c1ccc(/C=C/C(=O)Nc2cccnc2N2CCSCC2)o1. The zero-order valence-electron chi connectivity index (χ0n) is 14.9. The standard InChI is InChI=1S/C20H23N3O2S/c1-14-13-16(14)18-6-4-15(25-18)5-7-19(24)22-17-3-2-8-21-20(17)23-9-11-26-12-10-23/h2-8,14,16H,9-13H2,1H3,(H,22,24)/b7-5+. The molecular weight excluding hydrogens is 346 g/mol. The molecule has 2 aromatic rings. The lowest BCUT2D eigenvalue weighted by Gasteiger charge is -2.28. The number of rotatable bonds is 5. The van der Waals surface area contributed by atoms with Gasteiger partial charge in [0.25, 0.3) is 0 Å². The van der Waals surface area contributed by atoms with Crippen molar-refractivity contribution in [3.05, 3.63) is 48.1 Å². The van der Waals surface area contributed by atoms with E-state index in [0.29, 0.717) is 17.6 Å². The maximum absolute atomic E-state index is 12.3. The maximum atomic E-state index is 12.3. The fourth-order valence-electron chi connectivity index (χ4n) is 3.23. The van der Waals surface area contributed by atoms with Gasteiger partial charge in [0, 0.05) is 42.8 Å². The van der Waals surface area contributed by atoms with Gasteiger partial charge in [-0.2, -0.15) is 11.8 Å². The normalized spacial score (nSPS) is 22.6. The fraction of sp³-hybridized carbons (Fsp3) is 0.400. The van der Waals surface area contributed by atoms with Gasteiger partial charge in [-0.25, -0.2) is 4.98 Å². The van der Waals surface area contributed by atoms with Crippen molar-refractivity contribution in [2.75, 3.05) is 34.8 Å². The van der Waals surface area contributed by atoms with E-state index in [9.17, 15) is 4.79 Å². The zero-order valence-corrected chi connectivity index (χ0v) is 15.7. The quantitative estimate of drug-likeness (QED) is 0.807. The second-order valence-corrected chi connectivity index (χ2v) is 8.08. The molecule has 1 saturated heterocycles. The summed E-state index contributed by atoms with van der Waals surface area (Å²) < 4.78 is 5.81. The molecule has 0 aromatic carbocycles. The summed E-state index contributed by atoms with van der Waals surface area (Å²) in [5, 5.41) is 2.95. The van der Waals surface area contributed by atoms with E-state index in [1.807, 2.05) is 36.0 Å². The number of pyridine rings is 1. The second kappa shape index (κ2) is 7.58. The minimum atomic E-state index is -0.177. The largest absolute Gasteiger partial charge is 0.461 e. The molecule has 1 aliphatic carbocycles. The van der Waals surface area contributed by atoms with Gasteiger partial charge in [0.05, 0.1) is 5.69 Å². The number of furan rings is 1. The van der Waals surface area contributed by atoms with E-state index < -0.39 is 0 Å². The van der Waals surface area contributed by atoms with Crippen molar-refractivity contribution < 1.29 is 9.21 Å². The van der Waals surface area contributed by atoms with Crippen LogP contribution in [0.4, 0.5) is 11.5 Å². The van der Waals surface area contributed by atoms with Crippen molar-refractivity contribution in [3.63, 3.8) is 0 Å². The Balaban J connectivity index is 1.41. The molecule has 5 nitrogen and oxygen atoms in total. The molecule has 4 rings (SSSR count). The zero-order chi connectivity index (χ0) is 17.9. The molecule has 2 aliphatic rings. The first-order chi connectivity index (χ1) is 12.7. The molecule has 0 spiro atoms. The molecule has 2 aromatic heterocycles. The molecule has 136 valence electrons. The molecule has 6 heteroatoms. The summed E-state index contributed by atoms with van der Waals surface area (Å²) in [7, 11) is 0. The van der Waals surface area contributed by atoms with Gasteiger partial charge in [-0.05, 0) is 42.7 Å². The molecule has 26 heavy (non-hydrogen) atoms. The number of thioether (sulfide) groups is 1. The van der Waals surface area contributed by atoms with Crippen LogP contribution in [0.3, 0.4) is 0 Å². The van der Waals surface area contributed by atoms with Crippen LogP contribution in [0.1, 0.15) is 30.8 Å². The number of carbonyl (C=O) groups excluding carboxylic acids is 1. The average molecular weight is 369 g/mol. The van der Waals surface area contributed by atoms with Crippen molar-refractivity contribution in [2.24, 2.45) is 5.92 Å². The lowest BCUT2D eigenvalue weighted by Crippen LogP contribution is -2.33. The van der Waals surface area contributed by atoms with Gasteiger partial charge in [-0.1, -0.05) is 6.92 Å². The van der Waals surface area contributed by atoms with Crippen LogP contribution in [0.5, 0.6) is 0 Å². The minimum Gasteiger partial charge on any atom is -0.461 e. The van der Waals surface area contributed by atoms with E-state index in [0.717, 1.165) is 41.9 Å². The third-order valence-electron chi connectivity index (χ3n) is 4.88. The Morgan fingerprint density at radius 1 is 1.35 bits per heavy atom. The van der Waals surface area contributed by atoms with Gasteiger partial charge < -0.3 is 14.6 Å². The summed E-state index contributed by atoms with van der Waals surface area (Å²) >= 11 is 1.95. The minimum absolute atomic E-state index is 0.177. The number of carbonyl (C=O) groups is 1. The number of nitrogens with zero attached hydrogens (tertiary/aromatic N) is 2. The van der Waals surface area contributed by atoms with Crippen LogP contribution in [-0.4, -0.2) is 35.5 Å². The Kier molecular flexibility index (Phi) is 5.02. The molecule has 1 N–H and O–H groups in total. The van der Waals surface area contributed by atoms with E-state index in [-0.39, 0.29) is 5.91 Å². The molecule has 1 aliphatic heterocycles. The molecule has 3 heterocycles. The van der Waals surface area contributed by atoms with E-state index in [1.165, 1.54) is 12.5 Å². The first-order valence-electron chi connectivity index (χ1n) is 9.07. The van der Waals surface area contributed by atoms with Gasteiger partial charge in [0.1, 0.15) is 11.5 Å². The topological polar surface area (TPSA) is 58.4 Å². The van der Waals surface area contributed by atoms with Crippen LogP contribution in [0.2, 0.25) is 0 Å². The van der Waals surface area contributed by atoms with Crippen molar-refractivity contribution in [2.45, 2.75) is 19.3 Å². The molecule has 2 unspecified atom stereocenters. The summed E-state index contributed by atoms with van der Waals surface area (Å²) in [5.74, 6) is 5.84. The Labute approximate surface area is 157 Å². The highest BCUT2D eigenvalue weighted by Gasteiger charge is 2.36. The van der Waals surface area contributed by atoms with Gasteiger partial charge >= 0.3 is 0 Å². The van der Waals surface area contributed by atoms with Crippen LogP contribution >= 0.6 is 11.8 Å². The Bertz CT molecular complexity index is 811. The molecule has 1 amide bonds. The molecule has 2 atom stereocenters. The first-order valence-corrected chi connectivity index (χ1v) is 10.2. The highest BCUT2D eigenvalue weighted by atomic mass is 32.2. The summed E-state index contributed by atoms with van der Waals surface area (Å²) in [6, 6.07) is 7.68. The predicted molar refractivity (Wildman–Crippen MR) is 107 cm³/mol. The number of hydrogen-bond acceptors (Lipinski definition) is 5. The van der Waals surface area contributed by atoms with Crippen LogP contribution in [0, 0.1) is 5.92 Å². The average Bonchev–Trinajstić information content (AvgIpc) is 3.21. The third kappa shape index (κ3) is 3.96. The van der Waals surface area contributed by atoms with Crippen molar-refractivity contribution in [3.8, 4) is 0 Å². The van der Waals surface area contributed by atoms with Gasteiger partial charge in [-0.15, -0.1) is 0 Å². The van der Waals surface area contributed by atoms with E-state index in [1.54, 1.807) is 12.3 Å². The summed E-state index contributed by atoms with van der Waals surface area (Å²) in [5.41, 5.74) is 0.751. The van der Waals surface area contributed by atoms with Gasteiger partial charge in [-0.3, -0.25) is 4.79 Å². The van der Waals surface area contributed by atoms with Crippen molar-refractivity contribution in [1.29, 1.82) is 0 Å². The number of anilines is 2. The Morgan fingerprint density at radius 2 is 2.15 bits per heavy atom. The van der Waals surface area contributed by atoms with Crippen LogP contribution in [-0.2, 0) is 4.79 Å². The first kappa shape index (κ1) is 17.2. The van der Waals surface area contributed by atoms with Gasteiger partial charge in [0.2, 0.25) is 5.91 Å². The van der Waals surface area contributed by atoms with E-state index in [4.69, 9.17) is 4.42 Å². The molecule has 0 bridgehead atoms. The van der Waals surface area contributed by atoms with Crippen LogP contribution < -0.4 is 10.2 Å². The fourth-order valence-corrected chi connectivity index (χ4v) is 4.13. The number of aromatic nitrogens is 1. The second-order valence-electron chi connectivity index (χ2n) is 6.86. The highest BCUT2D eigenvalue weighted by molar-refractivity contribution is 7.99. The summed E-state index contributed by atoms with van der Waals surface area (Å²) in [6.07, 6.45) is 6.20. The van der Waals surface area contributed by atoms with Gasteiger partial charge in [0.15, 0.2) is 5.82 Å². The Morgan fingerprint density at radius 3 is 2.92 bits per heavy atom. The number of hydrogen-bond donors (Lipinski definition) is 1. The van der Waals surface area contributed by atoms with Crippen LogP contribution in [0.25, 0.3) is 6.08 Å².